The lowest BCUT2D eigenvalue weighted by atomic mass is 10.1. The van der Waals surface area contributed by atoms with Crippen LogP contribution in [0.2, 0.25) is 0 Å². The number of aromatic nitrogens is 2. The van der Waals surface area contributed by atoms with Gasteiger partial charge in [-0.25, -0.2) is 4.98 Å². The molecule has 5 rings (SSSR count). The first-order valence-electron chi connectivity index (χ1n) is 11.3. The molecule has 1 fully saturated rings. The first-order chi connectivity index (χ1) is 17.3. The van der Waals surface area contributed by atoms with Gasteiger partial charge in [-0.2, -0.15) is 13.2 Å². The fraction of sp³-hybridized carbons (Fsp3) is 0.192. The van der Waals surface area contributed by atoms with Crippen LogP contribution in [0.3, 0.4) is 0 Å². The fourth-order valence-corrected chi connectivity index (χ4v) is 3.90. The van der Waals surface area contributed by atoms with E-state index in [0.29, 0.717) is 22.7 Å². The number of halogens is 3. The Hall–Kier alpha value is -4.18. The zero-order chi connectivity index (χ0) is 25.1. The average molecular weight is 493 g/mol. The SMILES string of the molecule is O=C(Nc1cccc(Oc2ccc3ncc(N4CCNCC4)nc3c2)c1)c1cccc(C(F)(F)F)c1. The third-order valence-electron chi connectivity index (χ3n) is 5.72. The van der Waals surface area contributed by atoms with E-state index < -0.39 is 17.6 Å². The first kappa shape index (κ1) is 23.6. The Morgan fingerprint density at radius 1 is 0.944 bits per heavy atom. The summed E-state index contributed by atoms with van der Waals surface area (Å²) in [6.45, 7) is 3.50. The molecule has 2 N–H and O–H groups in total. The minimum absolute atomic E-state index is 0.0930. The molecule has 1 aliphatic rings. The summed E-state index contributed by atoms with van der Waals surface area (Å²) in [6.07, 6.45) is -2.76. The Morgan fingerprint density at radius 3 is 2.53 bits per heavy atom. The number of ether oxygens (including phenoxy) is 1. The summed E-state index contributed by atoms with van der Waals surface area (Å²) in [6, 6.07) is 16.3. The van der Waals surface area contributed by atoms with Crippen molar-refractivity contribution in [3.05, 3.63) is 84.1 Å². The Bertz CT molecular complexity index is 1400. The van der Waals surface area contributed by atoms with E-state index in [1.165, 1.54) is 12.1 Å². The Labute approximate surface area is 204 Å². The fourth-order valence-electron chi connectivity index (χ4n) is 3.90. The van der Waals surface area contributed by atoms with Crippen LogP contribution >= 0.6 is 0 Å². The number of alkyl halides is 3. The van der Waals surface area contributed by atoms with Gasteiger partial charge in [0.15, 0.2) is 0 Å². The van der Waals surface area contributed by atoms with Gasteiger partial charge in [0.05, 0.1) is 22.8 Å². The highest BCUT2D eigenvalue weighted by atomic mass is 19.4. The lowest BCUT2D eigenvalue weighted by Gasteiger charge is -2.28. The van der Waals surface area contributed by atoms with E-state index >= 15 is 0 Å². The predicted molar refractivity (Wildman–Crippen MR) is 131 cm³/mol. The standard InChI is InChI=1S/C26H22F3N5O2/c27-26(28,29)18-4-1-3-17(13-18)25(35)32-19-5-2-6-20(14-19)36-21-7-8-22-23(15-21)33-24(16-31-22)34-11-9-30-10-12-34/h1-8,13-16,30H,9-12H2,(H,32,35). The molecule has 0 unspecified atom stereocenters. The van der Waals surface area contributed by atoms with Gasteiger partial charge in [-0.15, -0.1) is 0 Å². The second kappa shape index (κ2) is 9.82. The van der Waals surface area contributed by atoms with E-state index in [-0.39, 0.29) is 5.56 Å². The summed E-state index contributed by atoms with van der Waals surface area (Å²) in [4.78, 5) is 23.9. The molecule has 10 heteroatoms. The molecule has 1 aromatic heterocycles. The average Bonchev–Trinajstić information content (AvgIpc) is 2.88. The van der Waals surface area contributed by atoms with Gasteiger partial charge < -0.3 is 20.3 Å². The van der Waals surface area contributed by atoms with E-state index in [1.807, 2.05) is 6.07 Å². The van der Waals surface area contributed by atoms with Gasteiger partial charge >= 0.3 is 6.18 Å². The molecule has 0 radical (unpaired) electrons. The van der Waals surface area contributed by atoms with E-state index in [4.69, 9.17) is 9.72 Å². The monoisotopic (exact) mass is 493 g/mol. The molecule has 0 aliphatic carbocycles. The summed E-state index contributed by atoms with van der Waals surface area (Å²) >= 11 is 0. The van der Waals surface area contributed by atoms with Crippen LogP contribution in [0.25, 0.3) is 11.0 Å². The van der Waals surface area contributed by atoms with E-state index in [2.05, 4.69) is 20.5 Å². The number of rotatable bonds is 5. The van der Waals surface area contributed by atoms with Crippen LogP contribution in [0.5, 0.6) is 11.5 Å². The number of benzene rings is 3. The van der Waals surface area contributed by atoms with Crippen molar-refractivity contribution >= 4 is 28.4 Å². The van der Waals surface area contributed by atoms with Crippen molar-refractivity contribution in [2.45, 2.75) is 6.18 Å². The van der Waals surface area contributed by atoms with E-state index in [0.717, 1.165) is 49.6 Å². The molecule has 0 atom stereocenters. The molecule has 3 aromatic carbocycles. The van der Waals surface area contributed by atoms with E-state index in [9.17, 15) is 18.0 Å². The Kier molecular flexibility index (Phi) is 6.43. The number of carbonyl (C=O) groups excluding carboxylic acids is 1. The third kappa shape index (κ3) is 5.38. The summed E-state index contributed by atoms with van der Waals surface area (Å²) in [5, 5.41) is 5.93. The number of anilines is 2. The normalized spacial score (nSPS) is 14.0. The van der Waals surface area contributed by atoms with Crippen molar-refractivity contribution in [1.82, 2.24) is 15.3 Å². The van der Waals surface area contributed by atoms with Gasteiger partial charge in [-0.05, 0) is 42.5 Å². The maximum absolute atomic E-state index is 13.0. The van der Waals surface area contributed by atoms with Gasteiger partial charge in [0.25, 0.3) is 5.91 Å². The molecule has 0 saturated carbocycles. The molecular weight excluding hydrogens is 471 g/mol. The highest BCUT2D eigenvalue weighted by molar-refractivity contribution is 6.04. The van der Waals surface area contributed by atoms with Crippen LogP contribution in [-0.4, -0.2) is 42.1 Å². The van der Waals surface area contributed by atoms with Gasteiger partial charge in [-0.3, -0.25) is 9.78 Å². The topological polar surface area (TPSA) is 79.4 Å². The smallest absolute Gasteiger partial charge is 0.416 e. The predicted octanol–water partition coefficient (Wildman–Crippen LogP) is 5.10. The molecule has 0 bridgehead atoms. The van der Waals surface area contributed by atoms with Crippen LogP contribution in [0, 0.1) is 0 Å². The molecule has 4 aromatic rings. The third-order valence-corrected chi connectivity index (χ3v) is 5.72. The largest absolute Gasteiger partial charge is 0.457 e. The molecule has 1 saturated heterocycles. The van der Waals surface area contributed by atoms with Crippen molar-refractivity contribution in [3.8, 4) is 11.5 Å². The quantitative estimate of drug-likeness (QED) is 0.403. The van der Waals surface area contributed by atoms with Crippen molar-refractivity contribution in [3.63, 3.8) is 0 Å². The highest BCUT2D eigenvalue weighted by Crippen LogP contribution is 2.30. The van der Waals surface area contributed by atoms with Crippen LogP contribution in [0.1, 0.15) is 15.9 Å². The molecule has 1 amide bonds. The number of hydrogen-bond acceptors (Lipinski definition) is 6. The minimum atomic E-state index is -4.53. The van der Waals surface area contributed by atoms with Crippen LogP contribution in [0.4, 0.5) is 24.7 Å². The summed E-state index contributed by atoms with van der Waals surface area (Å²) < 4.78 is 44.9. The van der Waals surface area contributed by atoms with Crippen LogP contribution < -0.4 is 20.3 Å². The van der Waals surface area contributed by atoms with Crippen molar-refractivity contribution in [2.75, 3.05) is 36.4 Å². The zero-order valence-corrected chi connectivity index (χ0v) is 19.0. The summed E-state index contributed by atoms with van der Waals surface area (Å²) in [5.74, 6) is 1.14. The summed E-state index contributed by atoms with van der Waals surface area (Å²) in [7, 11) is 0. The number of nitrogens with zero attached hydrogens (tertiary/aromatic N) is 3. The van der Waals surface area contributed by atoms with Crippen molar-refractivity contribution < 1.29 is 22.7 Å². The molecule has 0 spiro atoms. The molecule has 1 aliphatic heterocycles. The van der Waals surface area contributed by atoms with Crippen LogP contribution in [-0.2, 0) is 6.18 Å². The Balaban J connectivity index is 1.31. The van der Waals surface area contributed by atoms with E-state index in [1.54, 1.807) is 42.6 Å². The number of hydrogen-bond donors (Lipinski definition) is 2. The second-order valence-electron chi connectivity index (χ2n) is 8.28. The maximum Gasteiger partial charge on any atom is 0.416 e. The van der Waals surface area contributed by atoms with Crippen LogP contribution in [0.15, 0.2) is 72.9 Å². The zero-order valence-electron chi connectivity index (χ0n) is 19.0. The van der Waals surface area contributed by atoms with Gasteiger partial charge in [0, 0.05) is 49.6 Å². The lowest BCUT2D eigenvalue weighted by molar-refractivity contribution is -0.137. The molecule has 7 nitrogen and oxygen atoms in total. The first-order valence-corrected chi connectivity index (χ1v) is 11.3. The maximum atomic E-state index is 13.0. The molecule has 2 heterocycles. The molecule has 184 valence electrons. The number of carbonyl (C=O) groups is 1. The minimum Gasteiger partial charge on any atom is -0.457 e. The Morgan fingerprint density at radius 2 is 1.72 bits per heavy atom. The van der Waals surface area contributed by atoms with Gasteiger partial charge in [-0.1, -0.05) is 12.1 Å². The number of amides is 1. The number of piperazine rings is 1. The van der Waals surface area contributed by atoms with Gasteiger partial charge in [0.1, 0.15) is 17.3 Å². The molecule has 36 heavy (non-hydrogen) atoms. The molecular formula is C26H22F3N5O2. The second-order valence-corrected chi connectivity index (χ2v) is 8.28. The van der Waals surface area contributed by atoms with Crippen molar-refractivity contribution in [2.24, 2.45) is 0 Å². The highest BCUT2D eigenvalue weighted by Gasteiger charge is 2.30. The number of fused-ring (bicyclic) bond motifs is 1. The lowest BCUT2D eigenvalue weighted by Crippen LogP contribution is -2.43. The number of nitrogens with one attached hydrogen (secondary N) is 2. The summed E-state index contributed by atoms with van der Waals surface area (Å²) in [5.41, 5.74) is 0.841. The van der Waals surface area contributed by atoms with Gasteiger partial charge in [0.2, 0.25) is 0 Å². The van der Waals surface area contributed by atoms with Crippen molar-refractivity contribution in [1.29, 1.82) is 0 Å².